The van der Waals surface area contributed by atoms with Crippen LogP contribution in [-0.2, 0) is 11.3 Å². The summed E-state index contributed by atoms with van der Waals surface area (Å²) in [7, 11) is 2.15. The van der Waals surface area contributed by atoms with Crippen molar-refractivity contribution in [2.45, 2.75) is 26.4 Å². The Bertz CT molecular complexity index is 1500. The molecule has 2 aromatic carbocycles. The number of piperazine rings is 1. The third kappa shape index (κ3) is 5.79. The fourth-order valence-corrected chi connectivity index (χ4v) is 5.24. The second-order valence-corrected chi connectivity index (χ2v) is 10.6. The molecule has 4 heterocycles. The maximum absolute atomic E-state index is 12.7. The number of ether oxygens (including phenoxy) is 1. The van der Waals surface area contributed by atoms with Crippen LogP contribution < -0.4 is 20.4 Å². The van der Waals surface area contributed by atoms with E-state index in [4.69, 9.17) is 14.7 Å². The van der Waals surface area contributed by atoms with E-state index >= 15 is 0 Å². The zero-order valence-electron chi connectivity index (χ0n) is 23.7. The first-order valence-electron chi connectivity index (χ1n) is 14.2. The van der Waals surface area contributed by atoms with Crippen LogP contribution in [-0.4, -0.2) is 94.9 Å². The van der Waals surface area contributed by atoms with Crippen molar-refractivity contribution in [3.8, 4) is 11.4 Å². The summed E-state index contributed by atoms with van der Waals surface area (Å²) < 4.78 is 7.42. The van der Waals surface area contributed by atoms with Gasteiger partial charge in [0.25, 0.3) is 0 Å². The van der Waals surface area contributed by atoms with Gasteiger partial charge in [0.15, 0.2) is 22.8 Å². The third-order valence-corrected chi connectivity index (χ3v) is 7.68. The smallest absolute Gasteiger partial charge is 0.323 e. The molecule has 2 amide bonds. The molecule has 214 valence electrons. The Labute approximate surface area is 239 Å². The van der Waals surface area contributed by atoms with E-state index in [9.17, 15) is 4.79 Å². The highest BCUT2D eigenvalue weighted by Gasteiger charge is 2.26. The number of aryl methyl sites for hydroxylation is 1. The van der Waals surface area contributed by atoms with Crippen molar-refractivity contribution >= 4 is 40.1 Å². The van der Waals surface area contributed by atoms with Crippen molar-refractivity contribution in [3.05, 3.63) is 48.5 Å². The van der Waals surface area contributed by atoms with Crippen LogP contribution in [0.25, 0.3) is 22.6 Å². The SMILES string of the molecule is CCn1nnc2c(N3CCOCC3C)nc(-c3ccc(NC(=O)Nc4ccc(N5CCN(C)CC5)cc4)cc3)nc21. The van der Waals surface area contributed by atoms with Gasteiger partial charge in [0.05, 0.1) is 19.3 Å². The molecule has 0 radical (unpaired) electrons. The van der Waals surface area contributed by atoms with E-state index in [2.05, 4.69) is 61.7 Å². The fraction of sp³-hybridized carbons (Fsp3) is 0.414. The number of anilines is 4. The Kier molecular flexibility index (Phi) is 7.66. The predicted octanol–water partition coefficient (Wildman–Crippen LogP) is 3.53. The van der Waals surface area contributed by atoms with Crippen LogP contribution >= 0.6 is 0 Å². The van der Waals surface area contributed by atoms with E-state index in [0.29, 0.717) is 42.4 Å². The van der Waals surface area contributed by atoms with Gasteiger partial charge in [-0.3, -0.25) is 0 Å². The third-order valence-electron chi connectivity index (χ3n) is 7.68. The number of urea groups is 1. The van der Waals surface area contributed by atoms with Gasteiger partial charge in [-0.05, 0) is 69.4 Å². The second kappa shape index (κ2) is 11.7. The lowest BCUT2D eigenvalue weighted by molar-refractivity contribution is 0.0987. The number of nitrogens with one attached hydrogen (secondary N) is 2. The molecule has 1 atom stereocenters. The van der Waals surface area contributed by atoms with E-state index < -0.39 is 0 Å². The molecule has 4 aromatic rings. The lowest BCUT2D eigenvalue weighted by Crippen LogP contribution is -2.44. The molecule has 2 saturated heterocycles. The average Bonchev–Trinajstić information content (AvgIpc) is 3.41. The largest absolute Gasteiger partial charge is 0.377 e. The van der Waals surface area contributed by atoms with E-state index in [1.807, 2.05) is 43.3 Å². The standard InChI is InChI=1S/C29H36N10O2/c1-4-39-28-25(34-35-39)27(38-17-18-41-19-20(38)2)32-26(33-28)21-5-7-22(8-6-21)30-29(40)31-23-9-11-24(12-10-23)37-15-13-36(3)14-16-37/h5-12,20H,4,13-19H2,1-3H3,(H2,30,31,40). The van der Waals surface area contributed by atoms with Crippen LogP contribution in [0, 0.1) is 0 Å². The molecule has 2 N–H and O–H groups in total. The van der Waals surface area contributed by atoms with Gasteiger partial charge in [0, 0.05) is 61.9 Å². The molecule has 2 aliphatic heterocycles. The molecule has 2 aromatic heterocycles. The minimum atomic E-state index is -0.302. The van der Waals surface area contributed by atoms with Crippen LogP contribution in [0.3, 0.4) is 0 Å². The Morgan fingerprint density at radius 1 is 0.951 bits per heavy atom. The maximum atomic E-state index is 12.7. The summed E-state index contributed by atoms with van der Waals surface area (Å²) in [6, 6.07) is 15.4. The van der Waals surface area contributed by atoms with E-state index in [-0.39, 0.29) is 12.1 Å². The number of benzene rings is 2. The molecule has 12 heteroatoms. The number of aromatic nitrogens is 5. The van der Waals surface area contributed by atoms with Crippen molar-refractivity contribution in [1.29, 1.82) is 0 Å². The zero-order chi connectivity index (χ0) is 28.3. The molecular weight excluding hydrogens is 520 g/mol. The highest BCUT2D eigenvalue weighted by Crippen LogP contribution is 2.29. The molecule has 2 aliphatic rings. The Morgan fingerprint density at radius 3 is 2.29 bits per heavy atom. The predicted molar refractivity (Wildman–Crippen MR) is 161 cm³/mol. The van der Waals surface area contributed by atoms with Crippen molar-refractivity contribution in [2.75, 3.05) is 73.4 Å². The summed E-state index contributed by atoms with van der Waals surface area (Å²) in [5, 5.41) is 14.5. The summed E-state index contributed by atoms with van der Waals surface area (Å²) >= 11 is 0. The summed E-state index contributed by atoms with van der Waals surface area (Å²) in [5.41, 5.74) is 4.81. The number of amides is 2. The van der Waals surface area contributed by atoms with Gasteiger partial charge in [-0.2, -0.15) is 0 Å². The number of likely N-dealkylation sites (N-methyl/N-ethyl adjacent to an activating group) is 1. The lowest BCUT2D eigenvalue weighted by Gasteiger charge is -2.34. The monoisotopic (exact) mass is 556 g/mol. The number of carbonyl (C=O) groups is 1. The molecule has 12 nitrogen and oxygen atoms in total. The molecule has 6 rings (SSSR count). The molecular formula is C29H36N10O2. The highest BCUT2D eigenvalue weighted by atomic mass is 16.5. The van der Waals surface area contributed by atoms with Gasteiger partial charge in [-0.25, -0.2) is 19.4 Å². The van der Waals surface area contributed by atoms with Gasteiger partial charge in [0.2, 0.25) is 0 Å². The minimum absolute atomic E-state index is 0.162. The number of rotatable bonds is 6. The van der Waals surface area contributed by atoms with E-state index in [1.165, 1.54) is 5.69 Å². The Balaban J connectivity index is 1.15. The number of fused-ring (bicyclic) bond motifs is 1. The lowest BCUT2D eigenvalue weighted by atomic mass is 10.2. The fourth-order valence-electron chi connectivity index (χ4n) is 5.24. The minimum Gasteiger partial charge on any atom is -0.377 e. The second-order valence-electron chi connectivity index (χ2n) is 10.6. The first-order chi connectivity index (χ1) is 20.0. The van der Waals surface area contributed by atoms with Crippen molar-refractivity contribution in [3.63, 3.8) is 0 Å². The summed E-state index contributed by atoms with van der Waals surface area (Å²) in [5.74, 6) is 1.35. The molecule has 2 fully saturated rings. The van der Waals surface area contributed by atoms with Gasteiger partial charge in [0.1, 0.15) is 0 Å². The number of carbonyl (C=O) groups excluding carboxylic acids is 1. The highest BCUT2D eigenvalue weighted by molar-refractivity contribution is 6.00. The number of hydrogen-bond acceptors (Lipinski definition) is 9. The summed E-state index contributed by atoms with van der Waals surface area (Å²) in [6.45, 7) is 10.9. The van der Waals surface area contributed by atoms with Crippen molar-refractivity contribution in [1.82, 2.24) is 29.9 Å². The summed E-state index contributed by atoms with van der Waals surface area (Å²) in [4.78, 5) is 29.3. The molecule has 0 spiro atoms. The van der Waals surface area contributed by atoms with Crippen LogP contribution in [0.4, 0.5) is 27.7 Å². The first-order valence-corrected chi connectivity index (χ1v) is 14.2. The Hall–Kier alpha value is -4.29. The van der Waals surface area contributed by atoms with Gasteiger partial charge in [-0.1, -0.05) is 5.21 Å². The summed E-state index contributed by atoms with van der Waals surface area (Å²) in [6.07, 6.45) is 0. The first kappa shape index (κ1) is 26.9. The van der Waals surface area contributed by atoms with Crippen molar-refractivity contribution in [2.24, 2.45) is 0 Å². The number of morpholine rings is 1. The zero-order valence-corrected chi connectivity index (χ0v) is 23.7. The molecule has 0 saturated carbocycles. The molecule has 41 heavy (non-hydrogen) atoms. The molecule has 1 unspecified atom stereocenters. The van der Waals surface area contributed by atoms with Gasteiger partial charge >= 0.3 is 6.03 Å². The normalized spacial score (nSPS) is 18.1. The number of nitrogens with zero attached hydrogens (tertiary/aromatic N) is 8. The number of hydrogen-bond donors (Lipinski definition) is 2. The average molecular weight is 557 g/mol. The maximum Gasteiger partial charge on any atom is 0.323 e. The molecule has 0 bridgehead atoms. The van der Waals surface area contributed by atoms with E-state index in [1.54, 1.807) is 4.68 Å². The quantitative estimate of drug-likeness (QED) is 0.368. The van der Waals surface area contributed by atoms with Gasteiger partial charge in [-0.15, -0.1) is 5.10 Å². The topological polar surface area (TPSA) is 117 Å². The van der Waals surface area contributed by atoms with Crippen LogP contribution in [0.15, 0.2) is 48.5 Å². The van der Waals surface area contributed by atoms with Crippen molar-refractivity contribution < 1.29 is 9.53 Å². The van der Waals surface area contributed by atoms with Gasteiger partial charge < -0.3 is 30.1 Å². The van der Waals surface area contributed by atoms with Crippen LogP contribution in [0.1, 0.15) is 13.8 Å². The molecule has 0 aliphatic carbocycles. The Morgan fingerprint density at radius 2 is 1.63 bits per heavy atom. The van der Waals surface area contributed by atoms with E-state index in [0.717, 1.165) is 49.8 Å². The van der Waals surface area contributed by atoms with Crippen LogP contribution in [0.2, 0.25) is 0 Å². The van der Waals surface area contributed by atoms with Crippen LogP contribution in [0.5, 0.6) is 0 Å².